The first-order valence-electron chi connectivity index (χ1n) is 11.5. The van der Waals surface area contributed by atoms with E-state index in [0.29, 0.717) is 30.3 Å². The summed E-state index contributed by atoms with van der Waals surface area (Å²) in [6.45, 7) is 3.15. The van der Waals surface area contributed by atoms with Crippen molar-refractivity contribution in [1.82, 2.24) is 24.8 Å². The zero-order chi connectivity index (χ0) is 23.3. The third-order valence-corrected chi connectivity index (χ3v) is 6.14. The summed E-state index contributed by atoms with van der Waals surface area (Å²) in [5, 5.41) is 1.15. The molecule has 7 nitrogen and oxygen atoms in total. The maximum absolute atomic E-state index is 13.5. The van der Waals surface area contributed by atoms with Crippen LogP contribution in [0.3, 0.4) is 0 Å². The lowest BCUT2D eigenvalue weighted by Crippen LogP contribution is -2.36. The number of carbonyl (C=O) groups excluding carboxylic acids is 1. The van der Waals surface area contributed by atoms with Crippen LogP contribution in [0.15, 0.2) is 79.3 Å². The van der Waals surface area contributed by atoms with E-state index in [2.05, 4.69) is 51.2 Å². The summed E-state index contributed by atoms with van der Waals surface area (Å²) < 4.78 is 5.73. The highest BCUT2D eigenvalue weighted by molar-refractivity contribution is 5.94. The molecule has 0 saturated carbocycles. The number of hydrogen-bond acceptors (Lipinski definition) is 6. The second-order valence-electron chi connectivity index (χ2n) is 8.74. The van der Waals surface area contributed by atoms with E-state index < -0.39 is 0 Å². The standard InChI is InChI=1S/C27H27N5O2/c1-31-14-15-32(19-20(18-31)16-22-7-2-6-21-9-4-11-28-25(21)22)26(33)23-8-3-10-24(17-23)34-27-29-12-5-13-30-27/h2-13,17,20H,14-16,18-19H2,1H3. The van der Waals surface area contributed by atoms with Crippen molar-refractivity contribution in [3.63, 3.8) is 0 Å². The van der Waals surface area contributed by atoms with Gasteiger partial charge in [0.1, 0.15) is 5.75 Å². The summed E-state index contributed by atoms with van der Waals surface area (Å²) in [5.41, 5.74) is 2.87. The molecule has 1 aliphatic heterocycles. The Balaban J connectivity index is 1.34. The average Bonchev–Trinajstić information content (AvgIpc) is 3.05. The quantitative estimate of drug-likeness (QED) is 0.454. The second-order valence-corrected chi connectivity index (χ2v) is 8.74. The fourth-order valence-electron chi connectivity index (χ4n) is 4.56. The Bertz CT molecular complexity index is 1280. The van der Waals surface area contributed by atoms with E-state index in [1.807, 2.05) is 29.3 Å². The Labute approximate surface area is 199 Å². The molecule has 1 unspecified atom stereocenters. The van der Waals surface area contributed by atoms with Gasteiger partial charge >= 0.3 is 6.01 Å². The minimum Gasteiger partial charge on any atom is -0.424 e. The molecule has 2 aromatic heterocycles. The number of para-hydroxylation sites is 1. The monoisotopic (exact) mass is 453 g/mol. The number of nitrogens with zero attached hydrogens (tertiary/aromatic N) is 5. The molecule has 0 bridgehead atoms. The average molecular weight is 454 g/mol. The van der Waals surface area contributed by atoms with Gasteiger partial charge in [-0.25, -0.2) is 9.97 Å². The van der Waals surface area contributed by atoms with E-state index in [1.54, 1.807) is 30.6 Å². The zero-order valence-electron chi connectivity index (χ0n) is 19.2. The van der Waals surface area contributed by atoms with Crippen LogP contribution in [0.5, 0.6) is 11.8 Å². The summed E-state index contributed by atoms with van der Waals surface area (Å²) in [7, 11) is 2.12. The largest absolute Gasteiger partial charge is 0.424 e. The van der Waals surface area contributed by atoms with Crippen molar-refractivity contribution in [3.8, 4) is 11.8 Å². The van der Waals surface area contributed by atoms with Crippen LogP contribution >= 0.6 is 0 Å². The molecular formula is C27H27N5O2. The van der Waals surface area contributed by atoms with Crippen LogP contribution < -0.4 is 4.74 Å². The summed E-state index contributed by atoms with van der Waals surface area (Å²) >= 11 is 0. The molecule has 1 amide bonds. The van der Waals surface area contributed by atoms with Crippen molar-refractivity contribution >= 4 is 16.8 Å². The van der Waals surface area contributed by atoms with Crippen molar-refractivity contribution in [2.24, 2.45) is 5.92 Å². The number of amides is 1. The Kier molecular flexibility index (Phi) is 6.44. The van der Waals surface area contributed by atoms with Gasteiger partial charge in [-0.05, 0) is 55.3 Å². The Morgan fingerprint density at radius 1 is 0.941 bits per heavy atom. The molecular weight excluding hydrogens is 426 g/mol. The van der Waals surface area contributed by atoms with Crippen molar-refractivity contribution in [1.29, 1.82) is 0 Å². The van der Waals surface area contributed by atoms with Crippen LogP contribution in [-0.4, -0.2) is 63.9 Å². The van der Waals surface area contributed by atoms with Crippen LogP contribution in [0.2, 0.25) is 0 Å². The van der Waals surface area contributed by atoms with Crippen LogP contribution in [0.1, 0.15) is 15.9 Å². The fraction of sp³-hybridized carbons (Fsp3) is 0.259. The van der Waals surface area contributed by atoms with Gasteiger partial charge in [0, 0.05) is 55.7 Å². The highest BCUT2D eigenvalue weighted by atomic mass is 16.5. The third-order valence-electron chi connectivity index (χ3n) is 6.14. The summed E-state index contributed by atoms with van der Waals surface area (Å²) in [6.07, 6.45) is 5.96. The normalized spacial score (nSPS) is 16.9. The first kappa shape index (κ1) is 22.0. The molecule has 0 aliphatic carbocycles. The number of fused-ring (bicyclic) bond motifs is 1. The molecule has 2 aromatic carbocycles. The van der Waals surface area contributed by atoms with Crippen molar-refractivity contribution in [3.05, 3.63) is 90.4 Å². The smallest absolute Gasteiger partial charge is 0.321 e. The maximum atomic E-state index is 13.5. The van der Waals surface area contributed by atoms with E-state index in [4.69, 9.17) is 4.74 Å². The summed E-state index contributed by atoms with van der Waals surface area (Å²) in [6, 6.07) is 19.6. The summed E-state index contributed by atoms with van der Waals surface area (Å²) in [5.74, 6) is 0.861. The van der Waals surface area contributed by atoms with Gasteiger partial charge in [-0.2, -0.15) is 0 Å². The number of likely N-dealkylation sites (N-methyl/N-ethyl adjacent to an activating group) is 1. The number of benzene rings is 2. The highest BCUT2D eigenvalue weighted by Crippen LogP contribution is 2.23. The summed E-state index contributed by atoms with van der Waals surface area (Å²) in [4.78, 5) is 30.6. The van der Waals surface area contributed by atoms with E-state index in [0.717, 1.165) is 30.4 Å². The van der Waals surface area contributed by atoms with Crippen molar-refractivity contribution in [2.45, 2.75) is 6.42 Å². The molecule has 7 heteroatoms. The topological polar surface area (TPSA) is 71.5 Å². The van der Waals surface area contributed by atoms with Crippen molar-refractivity contribution < 1.29 is 9.53 Å². The number of carbonyl (C=O) groups is 1. The Morgan fingerprint density at radius 3 is 2.62 bits per heavy atom. The second kappa shape index (κ2) is 9.97. The van der Waals surface area contributed by atoms with Crippen molar-refractivity contribution in [2.75, 3.05) is 33.2 Å². The van der Waals surface area contributed by atoms with Crippen LogP contribution in [-0.2, 0) is 6.42 Å². The third kappa shape index (κ3) is 5.05. The molecule has 0 N–H and O–H groups in total. The lowest BCUT2D eigenvalue weighted by Gasteiger charge is -2.25. The van der Waals surface area contributed by atoms with Gasteiger partial charge in [-0.3, -0.25) is 9.78 Å². The van der Waals surface area contributed by atoms with Gasteiger partial charge in [0.25, 0.3) is 5.91 Å². The number of hydrogen-bond donors (Lipinski definition) is 0. The van der Waals surface area contributed by atoms with Gasteiger partial charge < -0.3 is 14.5 Å². The molecule has 172 valence electrons. The molecule has 5 rings (SSSR count). The maximum Gasteiger partial charge on any atom is 0.321 e. The first-order chi connectivity index (χ1) is 16.7. The van der Waals surface area contributed by atoms with Gasteiger partial charge in [0.15, 0.2) is 0 Å². The molecule has 3 heterocycles. The highest BCUT2D eigenvalue weighted by Gasteiger charge is 2.26. The van der Waals surface area contributed by atoms with Crippen LogP contribution in [0.4, 0.5) is 0 Å². The molecule has 1 saturated heterocycles. The molecule has 0 spiro atoms. The molecule has 34 heavy (non-hydrogen) atoms. The molecule has 1 atom stereocenters. The Hall–Kier alpha value is -3.84. The molecule has 0 radical (unpaired) electrons. The van der Waals surface area contributed by atoms with Crippen LogP contribution in [0.25, 0.3) is 10.9 Å². The first-order valence-corrected chi connectivity index (χ1v) is 11.5. The van der Waals surface area contributed by atoms with Gasteiger partial charge in [0.05, 0.1) is 5.52 Å². The number of pyridine rings is 1. The minimum atomic E-state index is 0.00998. The zero-order valence-corrected chi connectivity index (χ0v) is 19.2. The Morgan fingerprint density at radius 2 is 1.74 bits per heavy atom. The lowest BCUT2D eigenvalue weighted by atomic mass is 9.96. The molecule has 1 fully saturated rings. The predicted molar refractivity (Wildman–Crippen MR) is 131 cm³/mol. The predicted octanol–water partition coefficient (Wildman–Crippen LogP) is 4.06. The van der Waals surface area contributed by atoms with Crippen LogP contribution in [0, 0.1) is 5.92 Å². The van der Waals surface area contributed by atoms with E-state index in [-0.39, 0.29) is 11.9 Å². The van der Waals surface area contributed by atoms with E-state index in [1.165, 1.54) is 5.56 Å². The number of rotatable bonds is 5. The SMILES string of the molecule is CN1CCN(C(=O)c2cccc(Oc3ncccn3)c2)CC(Cc2cccc3cccnc23)C1. The fourth-order valence-corrected chi connectivity index (χ4v) is 4.56. The number of ether oxygens (including phenoxy) is 1. The molecule has 1 aliphatic rings. The van der Waals surface area contributed by atoms with Gasteiger partial charge in [-0.15, -0.1) is 0 Å². The minimum absolute atomic E-state index is 0.00998. The number of aromatic nitrogens is 3. The lowest BCUT2D eigenvalue weighted by molar-refractivity contribution is 0.0746. The van der Waals surface area contributed by atoms with E-state index in [9.17, 15) is 4.79 Å². The van der Waals surface area contributed by atoms with Gasteiger partial charge in [0.2, 0.25) is 0 Å². The van der Waals surface area contributed by atoms with Gasteiger partial charge in [-0.1, -0.05) is 30.3 Å². The van der Waals surface area contributed by atoms with E-state index >= 15 is 0 Å². The molecule has 4 aromatic rings.